The molecule has 3 rings (SSSR count). The Morgan fingerprint density at radius 2 is 2.22 bits per heavy atom. The maximum atomic E-state index is 12.1. The molecule has 1 atom stereocenters. The molecule has 0 aliphatic heterocycles. The third kappa shape index (κ3) is 3.69. The lowest BCUT2D eigenvalue weighted by Crippen LogP contribution is -2.17. The molecule has 0 bridgehead atoms. The second-order valence-corrected chi connectivity index (χ2v) is 8.26. The summed E-state index contributed by atoms with van der Waals surface area (Å²) in [5, 5.41) is 1.85. The molecule has 0 saturated heterocycles. The Bertz CT molecular complexity index is 699. The van der Waals surface area contributed by atoms with E-state index in [9.17, 15) is 4.79 Å². The molecule has 0 radical (unpaired) electrons. The number of aromatic nitrogens is 2. The van der Waals surface area contributed by atoms with Crippen molar-refractivity contribution in [2.45, 2.75) is 62.6 Å². The van der Waals surface area contributed by atoms with E-state index in [0.29, 0.717) is 6.61 Å². The molecule has 2 heterocycles. The van der Waals surface area contributed by atoms with Crippen LogP contribution in [0.25, 0.3) is 10.2 Å². The second-order valence-electron chi connectivity index (χ2n) is 5.85. The fourth-order valence-corrected chi connectivity index (χ4v) is 5.04. The standard InChI is InChI=1S/C17H22N2O2S2/c1-3-4-9-21-17(20)11(2)22-15-14-12-7-5-6-8-13(12)23-16(14)19-10-18-15/h10-11H,3-9H2,1-2H3. The third-order valence-corrected chi connectivity index (χ3v) is 6.36. The quantitative estimate of drug-likeness (QED) is 0.335. The van der Waals surface area contributed by atoms with Gasteiger partial charge in [0, 0.05) is 10.3 Å². The first-order valence-electron chi connectivity index (χ1n) is 8.29. The first kappa shape index (κ1) is 16.7. The smallest absolute Gasteiger partial charge is 0.319 e. The topological polar surface area (TPSA) is 52.1 Å². The van der Waals surface area contributed by atoms with Crippen molar-refractivity contribution in [3.8, 4) is 0 Å². The van der Waals surface area contributed by atoms with E-state index in [1.54, 1.807) is 17.7 Å². The van der Waals surface area contributed by atoms with E-state index < -0.39 is 0 Å². The zero-order chi connectivity index (χ0) is 16.2. The Labute approximate surface area is 145 Å². The van der Waals surface area contributed by atoms with E-state index in [2.05, 4.69) is 16.9 Å². The molecule has 1 unspecified atom stereocenters. The molecule has 0 aromatic carbocycles. The summed E-state index contributed by atoms with van der Waals surface area (Å²) in [4.78, 5) is 23.5. The van der Waals surface area contributed by atoms with Gasteiger partial charge in [-0.2, -0.15) is 0 Å². The van der Waals surface area contributed by atoms with Crippen molar-refractivity contribution >= 4 is 39.3 Å². The third-order valence-electron chi connectivity index (χ3n) is 4.08. The van der Waals surface area contributed by atoms with Crippen LogP contribution >= 0.6 is 23.1 Å². The van der Waals surface area contributed by atoms with E-state index in [-0.39, 0.29) is 11.2 Å². The van der Waals surface area contributed by atoms with Gasteiger partial charge in [-0.1, -0.05) is 25.1 Å². The van der Waals surface area contributed by atoms with Gasteiger partial charge in [0.25, 0.3) is 0 Å². The van der Waals surface area contributed by atoms with Crippen molar-refractivity contribution in [2.24, 2.45) is 0 Å². The number of thioether (sulfide) groups is 1. The van der Waals surface area contributed by atoms with E-state index >= 15 is 0 Å². The lowest BCUT2D eigenvalue weighted by Gasteiger charge is -2.13. The Hall–Kier alpha value is -1.14. The van der Waals surface area contributed by atoms with Crippen LogP contribution in [-0.2, 0) is 22.4 Å². The van der Waals surface area contributed by atoms with Gasteiger partial charge < -0.3 is 4.74 Å². The second kappa shape index (κ2) is 7.62. The highest BCUT2D eigenvalue weighted by Crippen LogP contribution is 2.40. The van der Waals surface area contributed by atoms with Crippen molar-refractivity contribution in [3.05, 3.63) is 16.8 Å². The van der Waals surface area contributed by atoms with E-state index in [0.717, 1.165) is 35.5 Å². The summed E-state index contributed by atoms with van der Waals surface area (Å²) in [6.07, 6.45) is 8.30. The molecule has 0 N–H and O–H groups in total. The van der Waals surface area contributed by atoms with Gasteiger partial charge in [-0.05, 0) is 44.6 Å². The van der Waals surface area contributed by atoms with Crippen LogP contribution in [0.5, 0.6) is 0 Å². The summed E-state index contributed by atoms with van der Waals surface area (Å²) in [6.45, 7) is 4.49. The highest BCUT2D eigenvalue weighted by atomic mass is 32.2. The van der Waals surface area contributed by atoms with Gasteiger partial charge in [-0.25, -0.2) is 9.97 Å². The molecule has 0 spiro atoms. The number of hydrogen-bond donors (Lipinski definition) is 0. The summed E-state index contributed by atoms with van der Waals surface area (Å²) in [6, 6.07) is 0. The molecule has 4 nitrogen and oxygen atoms in total. The van der Waals surface area contributed by atoms with Gasteiger partial charge in [-0.3, -0.25) is 4.79 Å². The molecule has 1 aliphatic carbocycles. The number of nitrogens with zero attached hydrogens (tertiary/aromatic N) is 2. The predicted molar refractivity (Wildman–Crippen MR) is 95.2 cm³/mol. The van der Waals surface area contributed by atoms with Gasteiger partial charge in [0.2, 0.25) is 0 Å². The van der Waals surface area contributed by atoms with Crippen LogP contribution in [0, 0.1) is 0 Å². The lowest BCUT2D eigenvalue weighted by atomic mass is 9.97. The average Bonchev–Trinajstić information content (AvgIpc) is 2.94. The van der Waals surface area contributed by atoms with Crippen molar-refractivity contribution in [2.75, 3.05) is 6.61 Å². The van der Waals surface area contributed by atoms with E-state index in [4.69, 9.17) is 4.74 Å². The zero-order valence-corrected chi connectivity index (χ0v) is 15.3. The number of fused-ring (bicyclic) bond motifs is 3. The SMILES string of the molecule is CCCCOC(=O)C(C)Sc1ncnc2sc3c(c12)CCCC3. The molecule has 124 valence electrons. The number of hydrogen-bond acceptors (Lipinski definition) is 6. The van der Waals surface area contributed by atoms with Gasteiger partial charge in [0.1, 0.15) is 21.4 Å². The summed E-state index contributed by atoms with van der Waals surface area (Å²) in [5.74, 6) is -0.153. The largest absolute Gasteiger partial charge is 0.465 e. The van der Waals surface area contributed by atoms with Crippen molar-refractivity contribution in [1.29, 1.82) is 0 Å². The molecule has 0 fully saturated rings. The average molecular weight is 351 g/mol. The van der Waals surface area contributed by atoms with Crippen molar-refractivity contribution in [1.82, 2.24) is 9.97 Å². The Morgan fingerprint density at radius 3 is 3.04 bits per heavy atom. The molecular weight excluding hydrogens is 328 g/mol. The molecule has 0 saturated carbocycles. The normalized spacial score (nSPS) is 15.4. The summed E-state index contributed by atoms with van der Waals surface area (Å²) in [7, 11) is 0. The number of thiophene rings is 1. The lowest BCUT2D eigenvalue weighted by molar-refractivity contribution is -0.142. The minimum Gasteiger partial charge on any atom is -0.465 e. The predicted octanol–water partition coefficient (Wildman–Crippen LogP) is 4.39. The Morgan fingerprint density at radius 1 is 1.39 bits per heavy atom. The molecular formula is C17H22N2O2S2. The van der Waals surface area contributed by atoms with Crippen LogP contribution in [0.4, 0.5) is 0 Å². The molecule has 1 aliphatic rings. The van der Waals surface area contributed by atoms with E-state index in [1.165, 1.54) is 40.4 Å². The van der Waals surface area contributed by atoms with Crippen LogP contribution < -0.4 is 0 Å². The maximum absolute atomic E-state index is 12.1. The molecule has 0 amide bonds. The summed E-state index contributed by atoms with van der Waals surface area (Å²) in [5.41, 5.74) is 1.41. The molecule has 6 heteroatoms. The van der Waals surface area contributed by atoms with Crippen LogP contribution in [0.15, 0.2) is 11.4 Å². The number of ether oxygens (including phenoxy) is 1. The highest BCUT2D eigenvalue weighted by molar-refractivity contribution is 8.00. The van der Waals surface area contributed by atoms with E-state index in [1.807, 2.05) is 6.92 Å². The summed E-state index contributed by atoms with van der Waals surface area (Å²) >= 11 is 3.28. The highest BCUT2D eigenvalue weighted by Gasteiger charge is 2.23. The number of rotatable bonds is 6. The fraction of sp³-hybridized carbons (Fsp3) is 0.588. The van der Waals surface area contributed by atoms with Crippen molar-refractivity contribution < 1.29 is 9.53 Å². The fourth-order valence-electron chi connectivity index (χ4n) is 2.80. The molecule has 2 aromatic rings. The number of unbranched alkanes of at least 4 members (excludes halogenated alkanes) is 1. The van der Waals surface area contributed by atoms with Gasteiger partial charge in [0.05, 0.1) is 6.61 Å². The van der Waals surface area contributed by atoms with Gasteiger partial charge >= 0.3 is 5.97 Å². The van der Waals surface area contributed by atoms with Crippen LogP contribution in [0.3, 0.4) is 0 Å². The monoisotopic (exact) mass is 350 g/mol. The number of carbonyl (C=O) groups is 1. The minimum atomic E-state index is -0.246. The zero-order valence-electron chi connectivity index (χ0n) is 13.6. The van der Waals surface area contributed by atoms with Gasteiger partial charge in [-0.15, -0.1) is 11.3 Å². The molecule has 2 aromatic heterocycles. The van der Waals surface area contributed by atoms with Crippen LogP contribution in [0.1, 0.15) is 50.0 Å². The number of carbonyl (C=O) groups excluding carboxylic acids is 1. The van der Waals surface area contributed by atoms with Crippen LogP contribution in [-0.4, -0.2) is 27.8 Å². The van der Waals surface area contributed by atoms with Crippen molar-refractivity contribution in [3.63, 3.8) is 0 Å². The summed E-state index contributed by atoms with van der Waals surface area (Å²) < 4.78 is 5.32. The Kier molecular flexibility index (Phi) is 5.54. The first-order chi connectivity index (χ1) is 11.2. The Balaban J connectivity index is 1.80. The number of aryl methyl sites for hydroxylation is 2. The maximum Gasteiger partial charge on any atom is 0.319 e. The van der Waals surface area contributed by atoms with Crippen LogP contribution in [0.2, 0.25) is 0 Å². The first-order valence-corrected chi connectivity index (χ1v) is 9.98. The minimum absolute atomic E-state index is 0.153. The molecule has 23 heavy (non-hydrogen) atoms. The number of esters is 1. The van der Waals surface area contributed by atoms with Gasteiger partial charge in [0.15, 0.2) is 0 Å².